The van der Waals surface area contributed by atoms with Crippen LogP contribution in [-0.4, -0.2) is 51.7 Å². The summed E-state index contributed by atoms with van der Waals surface area (Å²) in [6, 6.07) is 13.6. The smallest absolute Gasteiger partial charge is 0.362 e. The topological polar surface area (TPSA) is 84.5 Å². The molecule has 0 saturated carbocycles. The van der Waals surface area contributed by atoms with Crippen molar-refractivity contribution in [1.29, 1.82) is 0 Å². The number of carbonyl (C=O) groups excluding carboxylic acids is 1. The molecule has 0 aliphatic carbocycles. The molecular formula is C22H20F3N5O3. The predicted octanol–water partition coefficient (Wildman–Crippen LogP) is 4.07. The number of halogens is 3. The maximum atomic E-state index is 13.0. The third-order valence-corrected chi connectivity index (χ3v) is 5.51. The van der Waals surface area contributed by atoms with E-state index in [1.54, 1.807) is 20.5 Å². The summed E-state index contributed by atoms with van der Waals surface area (Å²) in [6.45, 7) is 2.85. The second-order valence-electron chi connectivity index (χ2n) is 7.66. The third-order valence-electron chi connectivity index (χ3n) is 5.51. The summed E-state index contributed by atoms with van der Waals surface area (Å²) in [5.74, 6) is -0.269. The van der Waals surface area contributed by atoms with Crippen molar-refractivity contribution < 1.29 is 22.9 Å². The van der Waals surface area contributed by atoms with Crippen LogP contribution in [0.4, 0.5) is 24.5 Å². The maximum absolute atomic E-state index is 13.0. The lowest BCUT2D eigenvalue weighted by Gasteiger charge is -2.35. The molecule has 1 amide bonds. The zero-order valence-corrected chi connectivity index (χ0v) is 17.6. The minimum atomic E-state index is -4.67. The van der Waals surface area contributed by atoms with E-state index in [0.717, 1.165) is 23.5 Å². The van der Waals surface area contributed by atoms with E-state index < -0.39 is 22.4 Å². The number of hydrogen-bond acceptors (Lipinski definition) is 5. The van der Waals surface area contributed by atoms with E-state index in [1.807, 2.05) is 37.3 Å². The summed E-state index contributed by atoms with van der Waals surface area (Å²) in [6.07, 6.45) is -4.67. The van der Waals surface area contributed by atoms with E-state index in [4.69, 9.17) is 0 Å². The summed E-state index contributed by atoms with van der Waals surface area (Å²) in [5, 5.41) is 15.8. The molecule has 1 aliphatic rings. The number of nitro benzene ring substituents is 1. The standard InChI is InChI=1S/C22H20F3N5O3/c1-15-13-18(26-29(15)17-5-3-2-4-6-17)21(31)28-11-9-27(10-12-28)19-8-7-16(22(23,24)25)14-20(19)30(32)33/h2-8,13-14H,9-12H2,1H3. The Balaban J connectivity index is 1.49. The summed E-state index contributed by atoms with van der Waals surface area (Å²) in [5.41, 5.74) is 0.324. The summed E-state index contributed by atoms with van der Waals surface area (Å²) in [4.78, 5) is 26.7. The van der Waals surface area contributed by atoms with Crippen LogP contribution in [-0.2, 0) is 6.18 Å². The first-order chi connectivity index (χ1) is 15.6. The summed E-state index contributed by atoms with van der Waals surface area (Å²) in [7, 11) is 0. The number of anilines is 1. The molecule has 0 radical (unpaired) electrons. The fraction of sp³-hybridized carbons (Fsp3) is 0.273. The number of piperazine rings is 1. The first-order valence-corrected chi connectivity index (χ1v) is 10.2. The number of para-hydroxylation sites is 1. The second-order valence-corrected chi connectivity index (χ2v) is 7.66. The molecule has 8 nitrogen and oxygen atoms in total. The van der Waals surface area contributed by atoms with Crippen LogP contribution in [0.15, 0.2) is 54.6 Å². The number of hydrogen-bond donors (Lipinski definition) is 0. The average Bonchev–Trinajstić information content (AvgIpc) is 3.20. The largest absolute Gasteiger partial charge is 0.416 e. The Morgan fingerprint density at radius 1 is 1.03 bits per heavy atom. The molecule has 1 fully saturated rings. The van der Waals surface area contributed by atoms with Gasteiger partial charge in [0.05, 0.1) is 16.2 Å². The lowest BCUT2D eigenvalue weighted by Crippen LogP contribution is -2.49. The van der Waals surface area contributed by atoms with Crippen molar-refractivity contribution in [3.8, 4) is 5.69 Å². The van der Waals surface area contributed by atoms with Crippen LogP contribution < -0.4 is 4.90 Å². The van der Waals surface area contributed by atoms with Crippen molar-refractivity contribution in [3.05, 3.63) is 81.7 Å². The molecule has 2 heterocycles. The van der Waals surface area contributed by atoms with E-state index >= 15 is 0 Å². The number of rotatable bonds is 4. The molecule has 0 unspecified atom stereocenters. The van der Waals surface area contributed by atoms with Crippen LogP contribution in [0, 0.1) is 17.0 Å². The van der Waals surface area contributed by atoms with Gasteiger partial charge < -0.3 is 9.80 Å². The highest BCUT2D eigenvalue weighted by Gasteiger charge is 2.34. The van der Waals surface area contributed by atoms with Gasteiger partial charge in [0.15, 0.2) is 5.69 Å². The molecule has 2 aromatic carbocycles. The highest BCUT2D eigenvalue weighted by molar-refractivity contribution is 5.92. The minimum Gasteiger partial charge on any atom is -0.362 e. The van der Waals surface area contributed by atoms with E-state index in [1.165, 1.54) is 0 Å². The zero-order valence-electron chi connectivity index (χ0n) is 17.6. The number of benzene rings is 2. The Labute approximate surface area is 187 Å². The fourth-order valence-corrected chi connectivity index (χ4v) is 3.84. The van der Waals surface area contributed by atoms with Gasteiger partial charge in [0.2, 0.25) is 0 Å². The summed E-state index contributed by atoms with van der Waals surface area (Å²) < 4.78 is 40.5. The van der Waals surface area contributed by atoms with Gasteiger partial charge in [-0.05, 0) is 37.3 Å². The van der Waals surface area contributed by atoms with Crippen molar-refractivity contribution in [1.82, 2.24) is 14.7 Å². The van der Waals surface area contributed by atoms with Gasteiger partial charge in [-0.3, -0.25) is 14.9 Å². The average molecular weight is 459 g/mol. The summed E-state index contributed by atoms with van der Waals surface area (Å²) >= 11 is 0. The molecule has 11 heteroatoms. The van der Waals surface area contributed by atoms with Crippen LogP contribution in [0.2, 0.25) is 0 Å². The molecule has 172 valence electrons. The van der Waals surface area contributed by atoms with Gasteiger partial charge in [0, 0.05) is 37.9 Å². The van der Waals surface area contributed by atoms with Crippen LogP contribution in [0.1, 0.15) is 21.7 Å². The molecule has 1 saturated heterocycles. The van der Waals surface area contributed by atoms with E-state index in [-0.39, 0.29) is 43.5 Å². The number of alkyl halides is 3. The van der Waals surface area contributed by atoms with Crippen LogP contribution in [0.5, 0.6) is 0 Å². The molecule has 1 aromatic heterocycles. The lowest BCUT2D eigenvalue weighted by molar-refractivity contribution is -0.384. The maximum Gasteiger partial charge on any atom is 0.416 e. The molecular weight excluding hydrogens is 439 g/mol. The molecule has 4 rings (SSSR count). The molecule has 3 aromatic rings. The lowest BCUT2D eigenvalue weighted by atomic mass is 10.1. The molecule has 0 atom stereocenters. The minimum absolute atomic E-state index is 0.101. The zero-order chi connectivity index (χ0) is 23.8. The van der Waals surface area contributed by atoms with Crippen molar-refractivity contribution in [2.75, 3.05) is 31.1 Å². The highest BCUT2D eigenvalue weighted by atomic mass is 19.4. The van der Waals surface area contributed by atoms with Crippen LogP contribution in [0.25, 0.3) is 5.69 Å². The van der Waals surface area contributed by atoms with Crippen molar-refractivity contribution in [2.45, 2.75) is 13.1 Å². The molecule has 0 bridgehead atoms. The number of nitrogens with zero attached hydrogens (tertiary/aromatic N) is 5. The van der Waals surface area contributed by atoms with Crippen molar-refractivity contribution in [3.63, 3.8) is 0 Å². The highest BCUT2D eigenvalue weighted by Crippen LogP contribution is 2.36. The van der Waals surface area contributed by atoms with Gasteiger partial charge in [0.25, 0.3) is 11.6 Å². The Morgan fingerprint density at radius 3 is 2.30 bits per heavy atom. The normalized spacial score (nSPS) is 14.4. The van der Waals surface area contributed by atoms with Crippen molar-refractivity contribution in [2.24, 2.45) is 0 Å². The fourth-order valence-electron chi connectivity index (χ4n) is 3.84. The number of carbonyl (C=O) groups is 1. The third kappa shape index (κ3) is 4.52. The van der Waals surface area contributed by atoms with Gasteiger partial charge in [-0.1, -0.05) is 18.2 Å². The molecule has 1 aliphatic heterocycles. The van der Waals surface area contributed by atoms with E-state index in [9.17, 15) is 28.1 Å². The Kier molecular flexibility index (Phi) is 5.79. The Hall–Kier alpha value is -3.89. The number of aromatic nitrogens is 2. The number of aryl methyl sites for hydroxylation is 1. The van der Waals surface area contributed by atoms with Crippen molar-refractivity contribution >= 4 is 17.3 Å². The SMILES string of the molecule is Cc1cc(C(=O)N2CCN(c3ccc(C(F)(F)F)cc3[N+](=O)[O-])CC2)nn1-c1ccccc1. The second kappa shape index (κ2) is 8.57. The molecule has 0 N–H and O–H groups in total. The molecule has 0 spiro atoms. The van der Waals surface area contributed by atoms with Gasteiger partial charge >= 0.3 is 6.18 Å². The van der Waals surface area contributed by atoms with Gasteiger partial charge in [-0.2, -0.15) is 18.3 Å². The van der Waals surface area contributed by atoms with Gasteiger partial charge in [-0.25, -0.2) is 4.68 Å². The number of nitro groups is 1. The van der Waals surface area contributed by atoms with Crippen LogP contribution in [0.3, 0.4) is 0 Å². The van der Waals surface area contributed by atoms with E-state index in [2.05, 4.69) is 5.10 Å². The first-order valence-electron chi connectivity index (χ1n) is 10.2. The molecule has 33 heavy (non-hydrogen) atoms. The number of amides is 1. The monoisotopic (exact) mass is 459 g/mol. The van der Waals surface area contributed by atoms with E-state index in [0.29, 0.717) is 6.07 Å². The quantitative estimate of drug-likeness (QED) is 0.434. The van der Waals surface area contributed by atoms with Crippen LogP contribution >= 0.6 is 0 Å². The predicted molar refractivity (Wildman–Crippen MR) is 115 cm³/mol. The Bertz CT molecular complexity index is 1190. The van der Waals surface area contributed by atoms with Gasteiger partial charge in [-0.15, -0.1) is 0 Å². The Morgan fingerprint density at radius 2 is 1.70 bits per heavy atom. The van der Waals surface area contributed by atoms with Gasteiger partial charge in [0.1, 0.15) is 5.69 Å². The first kappa shape index (κ1) is 22.3.